The number of hydrogen-bond acceptors (Lipinski definition) is 13. The van der Waals surface area contributed by atoms with E-state index in [1.165, 1.54) is 10.9 Å². The Labute approximate surface area is 300 Å². The van der Waals surface area contributed by atoms with Crippen molar-refractivity contribution in [3.8, 4) is 0 Å². The highest BCUT2D eigenvalue weighted by atomic mass is 32.2. The topological polar surface area (TPSA) is 216 Å². The summed E-state index contributed by atoms with van der Waals surface area (Å²) in [5, 5.41) is 60.3. The molecule has 2 aromatic heterocycles. The minimum absolute atomic E-state index is 0.0607. The van der Waals surface area contributed by atoms with Crippen molar-refractivity contribution in [1.29, 1.82) is 0 Å². The van der Waals surface area contributed by atoms with E-state index in [0.29, 0.717) is 60.2 Å². The van der Waals surface area contributed by atoms with Crippen LogP contribution < -0.4 is 15.6 Å². The first-order chi connectivity index (χ1) is 25.0. The second-order valence-corrected chi connectivity index (χ2v) is 14.4. The molecule has 16 nitrogen and oxygen atoms in total. The highest BCUT2D eigenvalue weighted by molar-refractivity contribution is 7.99. The van der Waals surface area contributed by atoms with Crippen molar-refractivity contribution in [2.45, 2.75) is 66.7 Å². The van der Waals surface area contributed by atoms with E-state index in [0.717, 1.165) is 30.7 Å². The van der Waals surface area contributed by atoms with Crippen LogP contribution in [-0.4, -0.2) is 125 Å². The number of aromatic nitrogens is 4. The zero-order valence-electron chi connectivity index (χ0n) is 27.8. The molecule has 1 saturated carbocycles. The number of nitrogens with one attached hydrogen (secondary N) is 1. The molecule has 0 unspecified atom stereocenters. The van der Waals surface area contributed by atoms with Crippen molar-refractivity contribution in [2.75, 3.05) is 43.0 Å². The number of carboxylic acid groups (broad SMARTS) is 1. The van der Waals surface area contributed by atoms with E-state index in [1.54, 1.807) is 41.1 Å². The largest absolute Gasteiger partial charge is 0.477 e. The first kappa shape index (κ1) is 36.0. The van der Waals surface area contributed by atoms with Crippen molar-refractivity contribution < 1.29 is 44.2 Å². The fraction of sp³-hybridized carbons (Fsp3) is 0.441. The zero-order valence-corrected chi connectivity index (χ0v) is 28.6. The van der Waals surface area contributed by atoms with Crippen LogP contribution >= 0.6 is 11.8 Å². The lowest BCUT2D eigenvalue weighted by Gasteiger charge is -2.39. The monoisotopic (exact) mass is 739 g/mol. The van der Waals surface area contributed by atoms with Crippen LogP contribution in [0.25, 0.3) is 10.9 Å². The Morgan fingerprint density at radius 1 is 1.00 bits per heavy atom. The average Bonchev–Trinajstić information content (AvgIpc) is 3.89. The van der Waals surface area contributed by atoms with E-state index in [1.807, 2.05) is 4.90 Å². The van der Waals surface area contributed by atoms with Crippen LogP contribution in [-0.2, 0) is 22.6 Å². The minimum Gasteiger partial charge on any atom is -0.477 e. The van der Waals surface area contributed by atoms with Crippen molar-refractivity contribution in [2.24, 2.45) is 0 Å². The van der Waals surface area contributed by atoms with Gasteiger partial charge in [-0.3, -0.25) is 14.5 Å². The van der Waals surface area contributed by atoms with Gasteiger partial charge in [-0.05, 0) is 49.2 Å². The number of halogens is 1. The number of hydrogen-bond donors (Lipinski definition) is 6. The summed E-state index contributed by atoms with van der Waals surface area (Å²) in [7, 11) is 0. The summed E-state index contributed by atoms with van der Waals surface area (Å²) in [5.41, 5.74) is 0.0983. The van der Waals surface area contributed by atoms with Crippen LogP contribution in [0.5, 0.6) is 0 Å². The maximum atomic E-state index is 15.4. The number of carbonyl (C=O) groups excluding carboxylic acids is 1. The number of piperazine rings is 1. The number of aliphatic hydroxyl groups is 4. The van der Waals surface area contributed by atoms with Gasteiger partial charge in [0.15, 0.2) is 0 Å². The third-order valence-electron chi connectivity index (χ3n) is 9.50. The lowest BCUT2D eigenvalue weighted by molar-refractivity contribution is -0.205. The van der Waals surface area contributed by atoms with Gasteiger partial charge in [0, 0.05) is 60.9 Å². The van der Waals surface area contributed by atoms with Gasteiger partial charge >= 0.3 is 5.97 Å². The maximum Gasteiger partial charge on any atom is 0.341 e. The van der Waals surface area contributed by atoms with Crippen LogP contribution in [0.15, 0.2) is 58.5 Å². The minimum atomic E-state index is -1.47. The number of pyridine rings is 1. The summed E-state index contributed by atoms with van der Waals surface area (Å²) in [6.07, 6.45) is -0.474. The van der Waals surface area contributed by atoms with Crippen molar-refractivity contribution >= 4 is 45.9 Å². The summed E-state index contributed by atoms with van der Waals surface area (Å²) < 4.78 is 24.1. The van der Waals surface area contributed by atoms with E-state index < -0.39 is 53.7 Å². The summed E-state index contributed by atoms with van der Waals surface area (Å²) in [5.74, 6) is -2.24. The van der Waals surface area contributed by atoms with Gasteiger partial charge in [0.1, 0.15) is 47.8 Å². The van der Waals surface area contributed by atoms with Gasteiger partial charge in [-0.1, -0.05) is 17.0 Å². The molecule has 3 fully saturated rings. The molecular formula is C34H38FN7O9S. The predicted molar refractivity (Wildman–Crippen MR) is 186 cm³/mol. The summed E-state index contributed by atoms with van der Waals surface area (Å²) in [4.78, 5) is 42.0. The lowest BCUT2D eigenvalue weighted by atomic mass is 10.0. The first-order valence-electron chi connectivity index (χ1n) is 16.8. The number of carboxylic acids is 1. The molecule has 0 bridgehead atoms. The van der Waals surface area contributed by atoms with E-state index in [2.05, 4.69) is 20.5 Å². The number of fused-ring (bicyclic) bond motifs is 1. The third kappa shape index (κ3) is 7.54. The molecule has 1 aliphatic carbocycles. The molecule has 6 N–H and O–H groups in total. The number of aromatic carboxylic acids is 1. The number of benzene rings is 2. The predicted octanol–water partition coefficient (Wildman–Crippen LogP) is 0.618. The fourth-order valence-corrected chi connectivity index (χ4v) is 7.60. The Bertz CT molecular complexity index is 2010. The molecule has 0 spiro atoms. The van der Waals surface area contributed by atoms with Crippen LogP contribution in [0.2, 0.25) is 0 Å². The molecule has 7 rings (SSSR count). The molecule has 5 atom stereocenters. The Balaban J connectivity index is 0.909. The molecule has 4 aromatic rings. The van der Waals surface area contributed by atoms with Crippen LogP contribution in [0.4, 0.5) is 15.8 Å². The second kappa shape index (κ2) is 14.9. The third-order valence-corrected chi connectivity index (χ3v) is 10.7. The number of aliphatic hydroxyl groups excluding tert-OH is 4. The molecule has 4 heterocycles. The van der Waals surface area contributed by atoms with Crippen LogP contribution in [0.1, 0.15) is 34.9 Å². The maximum absolute atomic E-state index is 15.4. The van der Waals surface area contributed by atoms with Gasteiger partial charge in [0.25, 0.3) is 0 Å². The van der Waals surface area contributed by atoms with Gasteiger partial charge in [-0.25, -0.2) is 13.9 Å². The number of anilines is 2. The van der Waals surface area contributed by atoms with Gasteiger partial charge in [-0.2, -0.15) is 0 Å². The standard InChI is InChI=1S/C34H38FN7O9S/c35-24-11-22-25(42(20-3-4-20)15-23(29(22)45)33(49)50)12-26(24)40-9-7-39(8-10-40)13-19-14-41(38-37-19)16-28(44)36-18-1-5-21(6-2-18)52-34-32(48)31(47)30(46)27(17-43)51-34/h1-2,5-6,11-12,14-15,20,27,30-32,34,43,46-48H,3-4,7-10,13,16-17H2,(H,36,44)(H,49,50)/t27-,30+,31+,32-,34+/m1/s1. The van der Waals surface area contributed by atoms with Crippen LogP contribution in [0.3, 0.4) is 0 Å². The van der Waals surface area contributed by atoms with E-state index >= 15 is 4.39 Å². The number of thioether (sulfide) groups is 1. The van der Waals surface area contributed by atoms with E-state index in [4.69, 9.17) is 4.74 Å². The Morgan fingerprint density at radius 2 is 1.73 bits per heavy atom. The number of rotatable bonds is 11. The Hall–Kier alpha value is -4.43. The molecule has 18 heteroatoms. The second-order valence-electron chi connectivity index (χ2n) is 13.2. The molecule has 2 aliphatic heterocycles. The molecule has 3 aliphatic rings. The number of amides is 1. The Kier molecular flexibility index (Phi) is 10.3. The van der Waals surface area contributed by atoms with Crippen LogP contribution in [0, 0.1) is 5.82 Å². The summed E-state index contributed by atoms with van der Waals surface area (Å²) in [6, 6.07) is 9.63. The van der Waals surface area contributed by atoms with E-state index in [9.17, 15) is 39.9 Å². The molecule has 276 valence electrons. The van der Waals surface area contributed by atoms with Crippen molar-refractivity contribution in [3.63, 3.8) is 0 Å². The summed E-state index contributed by atoms with van der Waals surface area (Å²) in [6.45, 7) is 2.11. The number of carbonyl (C=O) groups is 2. The SMILES string of the molecule is O=C(Cn1cc(CN2CCN(c3cc4c(cc3F)c(=O)c(C(=O)O)cn4C3CC3)CC2)nn1)Nc1ccc(S[C@@H]2O[C@H](CO)[C@H](O)[C@H](O)[C@H]2O)cc1. The smallest absolute Gasteiger partial charge is 0.341 e. The lowest BCUT2D eigenvalue weighted by Crippen LogP contribution is -2.57. The van der Waals surface area contributed by atoms with Crippen molar-refractivity contribution in [3.05, 3.63) is 76.1 Å². The first-order valence-corrected chi connectivity index (χ1v) is 17.7. The fourth-order valence-electron chi connectivity index (χ4n) is 6.54. The Morgan fingerprint density at radius 3 is 2.40 bits per heavy atom. The van der Waals surface area contributed by atoms with Gasteiger partial charge in [0.05, 0.1) is 29.7 Å². The number of ether oxygens (including phenoxy) is 1. The molecule has 0 radical (unpaired) electrons. The molecule has 52 heavy (non-hydrogen) atoms. The molecule has 1 amide bonds. The molecular weight excluding hydrogens is 701 g/mol. The van der Waals surface area contributed by atoms with Gasteiger partial charge < -0.3 is 45.1 Å². The van der Waals surface area contributed by atoms with Crippen molar-refractivity contribution in [1.82, 2.24) is 24.5 Å². The van der Waals surface area contributed by atoms with Gasteiger partial charge in [0.2, 0.25) is 11.3 Å². The van der Waals surface area contributed by atoms with E-state index in [-0.39, 0.29) is 29.4 Å². The number of nitrogens with zero attached hydrogens (tertiary/aromatic N) is 6. The highest BCUT2D eigenvalue weighted by Gasteiger charge is 2.43. The highest BCUT2D eigenvalue weighted by Crippen LogP contribution is 2.38. The van der Waals surface area contributed by atoms with Gasteiger partial charge in [-0.15, -0.1) is 5.10 Å². The molecule has 2 saturated heterocycles. The quantitative estimate of drug-likeness (QED) is 0.124. The molecule has 2 aromatic carbocycles. The normalized spacial score (nSPS) is 23.9. The average molecular weight is 740 g/mol. The zero-order chi connectivity index (χ0) is 36.7. The summed E-state index contributed by atoms with van der Waals surface area (Å²) >= 11 is 1.11.